The molecule has 0 amide bonds. The zero-order chi connectivity index (χ0) is 30.5. The first kappa shape index (κ1) is 28.4. The standard InChI is InChI=1S/C37H31N3O4/c1-25-11-10-22-40-33(34(39-36(25)40)27-12-4-2-5-13-27)24-44-29-20-18-26(19-21-29)23-32(37(42)43)38-31-17-9-8-16-30(31)35(41)28-14-6-3-7-15-28/h2-22,32,38H,23-24H2,1H3,(H,42,43)/t32-/m0/s1. The number of ether oxygens (including phenoxy) is 1. The van der Waals surface area contributed by atoms with Crippen LogP contribution in [0.1, 0.15) is 32.7 Å². The Kier molecular flexibility index (Phi) is 8.19. The van der Waals surface area contributed by atoms with Gasteiger partial charge in [-0.15, -0.1) is 0 Å². The molecule has 0 fully saturated rings. The summed E-state index contributed by atoms with van der Waals surface area (Å²) < 4.78 is 8.28. The average molecular weight is 582 g/mol. The molecule has 4 aromatic carbocycles. The van der Waals surface area contributed by atoms with Crippen molar-refractivity contribution in [3.05, 3.63) is 155 Å². The number of imidazole rings is 1. The number of carbonyl (C=O) groups is 2. The van der Waals surface area contributed by atoms with Crippen molar-refractivity contribution < 1.29 is 19.4 Å². The summed E-state index contributed by atoms with van der Waals surface area (Å²) >= 11 is 0. The number of aryl methyl sites for hydroxylation is 1. The minimum atomic E-state index is -1.01. The molecule has 2 aromatic heterocycles. The first-order valence-corrected chi connectivity index (χ1v) is 14.4. The van der Waals surface area contributed by atoms with Gasteiger partial charge in [-0.3, -0.25) is 9.20 Å². The molecule has 218 valence electrons. The van der Waals surface area contributed by atoms with E-state index in [1.165, 1.54) is 0 Å². The zero-order valence-electron chi connectivity index (χ0n) is 24.2. The summed E-state index contributed by atoms with van der Waals surface area (Å²) in [7, 11) is 0. The van der Waals surface area contributed by atoms with Crippen molar-refractivity contribution in [3.63, 3.8) is 0 Å². The van der Waals surface area contributed by atoms with Crippen LogP contribution < -0.4 is 10.1 Å². The van der Waals surface area contributed by atoms with Gasteiger partial charge in [0.2, 0.25) is 0 Å². The molecule has 0 spiro atoms. The summed E-state index contributed by atoms with van der Waals surface area (Å²) in [5.41, 5.74) is 7.06. The van der Waals surface area contributed by atoms with E-state index in [1.807, 2.05) is 85.9 Å². The Balaban J connectivity index is 1.17. The van der Waals surface area contributed by atoms with Crippen molar-refractivity contribution in [1.82, 2.24) is 9.38 Å². The van der Waals surface area contributed by atoms with Crippen LogP contribution in [-0.4, -0.2) is 32.3 Å². The highest BCUT2D eigenvalue weighted by Gasteiger charge is 2.22. The van der Waals surface area contributed by atoms with Gasteiger partial charge in [-0.1, -0.05) is 91.0 Å². The molecule has 0 unspecified atom stereocenters. The third kappa shape index (κ3) is 6.08. The number of nitrogens with one attached hydrogen (secondary N) is 1. The molecule has 0 radical (unpaired) electrons. The molecule has 0 aliphatic rings. The lowest BCUT2D eigenvalue weighted by Crippen LogP contribution is -2.32. The number of hydrogen-bond acceptors (Lipinski definition) is 5. The Bertz CT molecular complexity index is 1920. The summed E-state index contributed by atoms with van der Waals surface area (Å²) in [4.78, 5) is 30.3. The Hall–Kier alpha value is -5.69. The molecular formula is C37H31N3O4. The fourth-order valence-corrected chi connectivity index (χ4v) is 5.27. The normalized spacial score (nSPS) is 11.7. The summed E-state index contributed by atoms with van der Waals surface area (Å²) in [5, 5.41) is 13.1. The number of anilines is 1. The van der Waals surface area contributed by atoms with Crippen molar-refractivity contribution in [2.45, 2.75) is 26.0 Å². The van der Waals surface area contributed by atoms with Gasteiger partial charge in [0.15, 0.2) is 5.78 Å². The fourth-order valence-electron chi connectivity index (χ4n) is 5.27. The zero-order valence-corrected chi connectivity index (χ0v) is 24.2. The Morgan fingerprint density at radius 2 is 1.52 bits per heavy atom. The number of para-hydroxylation sites is 1. The van der Waals surface area contributed by atoms with Crippen molar-refractivity contribution in [1.29, 1.82) is 0 Å². The molecule has 0 saturated heterocycles. The molecule has 44 heavy (non-hydrogen) atoms. The molecule has 0 aliphatic heterocycles. The van der Waals surface area contributed by atoms with Crippen molar-refractivity contribution in [2.24, 2.45) is 0 Å². The number of carboxylic acids is 1. The topological polar surface area (TPSA) is 92.9 Å². The van der Waals surface area contributed by atoms with E-state index in [0.717, 1.165) is 33.7 Å². The Morgan fingerprint density at radius 3 is 2.25 bits per heavy atom. The summed E-state index contributed by atoms with van der Waals surface area (Å²) in [6.07, 6.45) is 2.21. The number of aliphatic carboxylic acids is 1. The number of ketones is 1. The molecule has 6 rings (SSSR count). The van der Waals surface area contributed by atoms with Crippen LogP contribution in [0.2, 0.25) is 0 Å². The monoisotopic (exact) mass is 581 g/mol. The first-order valence-electron chi connectivity index (χ1n) is 14.4. The van der Waals surface area contributed by atoms with Crippen molar-refractivity contribution in [3.8, 4) is 17.0 Å². The lowest BCUT2D eigenvalue weighted by Gasteiger charge is -2.18. The third-order valence-electron chi connectivity index (χ3n) is 7.57. The number of fused-ring (bicyclic) bond motifs is 1. The molecule has 0 saturated carbocycles. The van der Waals surface area contributed by atoms with Gasteiger partial charge in [-0.25, -0.2) is 9.78 Å². The average Bonchev–Trinajstić information content (AvgIpc) is 3.44. The molecule has 1 atom stereocenters. The molecule has 2 heterocycles. The molecule has 7 nitrogen and oxygen atoms in total. The maximum atomic E-state index is 13.1. The smallest absolute Gasteiger partial charge is 0.326 e. The highest BCUT2D eigenvalue weighted by atomic mass is 16.5. The van der Waals surface area contributed by atoms with Crippen LogP contribution in [0, 0.1) is 6.92 Å². The highest BCUT2D eigenvalue weighted by molar-refractivity contribution is 6.12. The van der Waals surface area contributed by atoms with Gasteiger partial charge in [0, 0.05) is 35.0 Å². The van der Waals surface area contributed by atoms with E-state index >= 15 is 0 Å². The van der Waals surface area contributed by atoms with Gasteiger partial charge in [0.25, 0.3) is 0 Å². The second-order valence-electron chi connectivity index (χ2n) is 10.6. The van der Waals surface area contributed by atoms with E-state index in [2.05, 4.69) is 9.72 Å². The minimum Gasteiger partial charge on any atom is -0.487 e. The van der Waals surface area contributed by atoms with Gasteiger partial charge in [-0.2, -0.15) is 0 Å². The Labute approximate surface area is 255 Å². The predicted octanol–water partition coefficient (Wildman–Crippen LogP) is 7.23. The first-order chi connectivity index (χ1) is 21.5. The van der Waals surface area contributed by atoms with Crippen LogP contribution in [-0.2, 0) is 17.8 Å². The number of hydrogen-bond donors (Lipinski definition) is 2. The van der Waals surface area contributed by atoms with E-state index < -0.39 is 12.0 Å². The second-order valence-corrected chi connectivity index (χ2v) is 10.6. The summed E-state index contributed by atoms with van der Waals surface area (Å²) in [6, 6.07) is 36.5. The van der Waals surface area contributed by atoms with Gasteiger partial charge >= 0.3 is 5.97 Å². The van der Waals surface area contributed by atoms with Gasteiger partial charge in [-0.05, 0) is 48.4 Å². The number of nitrogens with zero attached hydrogens (tertiary/aromatic N) is 2. The number of carbonyl (C=O) groups excluding carboxylic acids is 1. The van der Waals surface area contributed by atoms with Crippen molar-refractivity contribution in [2.75, 3.05) is 5.32 Å². The number of carboxylic acid groups (broad SMARTS) is 1. The summed E-state index contributed by atoms with van der Waals surface area (Å²) in [5.74, 6) is -0.520. The SMILES string of the molecule is Cc1cccn2c(COc3ccc(C[C@H](Nc4ccccc4C(=O)c4ccccc4)C(=O)O)cc3)c(-c3ccccc3)nc12. The van der Waals surface area contributed by atoms with Crippen LogP contribution in [0.15, 0.2) is 128 Å². The predicted molar refractivity (Wildman–Crippen MR) is 171 cm³/mol. The van der Waals surface area contributed by atoms with Crippen LogP contribution in [0.5, 0.6) is 5.75 Å². The summed E-state index contributed by atoms with van der Waals surface area (Å²) in [6.45, 7) is 2.35. The van der Waals surface area contributed by atoms with Gasteiger partial charge in [0.1, 0.15) is 24.0 Å². The lowest BCUT2D eigenvalue weighted by molar-refractivity contribution is -0.137. The third-order valence-corrected chi connectivity index (χ3v) is 7.57. The van der Waals surface area contributed by atoms with E-state index in [1.54, 1.807) is 48.5 Å². The minimum absolute atomic E-state index is 0.170. The van der Waals surface area contributed by atoms with Crippen LogP contribution >= 0.6 is 0 Å². The van der Waals surface area contributed by atoms with E-state index in [9.17, 15) is 14.7 Å². The molecule has 6 aromatic rings. The maximum Gasteiger partial charge on any atom is 0.326 e. The van der Waals surface area contributed by atoms with E-state index in [0.29, 0.717) is 29.2 Å². The lowest BCUT2D eigenvalue weighted by atomic mass is 10.00. The van der Waals surface area contributed by atoms with E-state index in [4.69, 9.17) is 9.72 Å². The van der Waals surface area contributed by atoms with Gasteiger partial charge in [0.05, 0.1) is 11.4 Å². The maximum absolute atomic E-state index is 13.1. The van der Waals surface area contributed by atoms with Crippen LogP contribution in [0.3, 0.4) is 0 Å². The largest absolute Gasteiger partial charge is 0.487 e. The van der Waals surface area contributed by atoms with Crippen LogP contribution in [0.4, 0.5) is 5.69 Å². The number of benzene rings is 4. The second kappa shape index (κ2) is 12.7. The molecule has 2 N–H and O–H groups in total. The number of aromatic nitrogens is 2. The molecule has 7 heteroatoms. The Morgan fingerprint density at radius 1 is 0.841 bits per heavy atom. The van der Waals surface area contributed by atoms with E-state index in [-0.39, 0.29) is 12.2 Å². The molecular weight excluding hydrogens is 550 g/mol. The highest BCUT2D eigenvalue weighted by Crippen LogP contribution is 2.27. The number of rotatable bonds is 11. The van der Waals surface area contributed by atoms with Crippen LogP contribution in [0.25, 0.3) is 16.9 Å². The fraction of sp³-hybridized carbons (Fsp3) is 0.108. The number of pyridine rings is 1. The van der Waals surface area contributed by atoms with Crippen molar-refractivity contribution >= 4 is 23.1 Å². The molecule has 0 bridgehead atoms. The quantitative estimate of drug-likeness (QED) is 0.157. The molecule has 0 aliphatic carbocycles. The van der Waals surface area contributed by atoms with Gasteiger partial charge < -0.3 is 15.2 Å².